The van der Waals surface area contributed by atoms with Crippen LogP contribution in [-0.4, -0.2) is 47.0 Å². The zero-order chi connectivity index (χ0) is 18.8. The molecule has 3 heterocycles. The normalized spacial score (nSPS) is 15.3. The number of hydrogen-bond donors (Lipinski definition) is 0. The molecule has 0 N–H and O–H groups in total. The van der Waals surface area contributed by atoms with Gasteiger partial charge in [0.2, 0.25) is 0 Å². The molecule has 27 heavy (non-hydrogen) atoms. The Hall–Kier alpha value is -2.86. The van der Waals surface area contributed by atoms with Crippen molar-refractivity contribution in [1.29, 1.82) is 0 Å². The van der Waals surface area contributed by atoms with E-state index in [1.165, 1.54) is 0 Å². The number of amides is 1. The third kappa shape index (κ3) is 3.53. The molecule has 3 aromatic rings. The minimum atomic E-state index is -0.0455. The summed E-state index contributed by atoms with van der Waals surface area (Å²) in [5.74, 6) is 1.24. The maximum atomic E-state index is 13.0. The SMILES string of the molecule is Cc1noc(C)c1CN1CCN(C(=O)c2occc2-c2ccccc2)CC1. The summed E-state index contributed by atoms with van der Waals surface area (Å²) in [6.45, 7) is 7.70. The van der Waals surface area contributed by atoms with Crippen LogP contribution in [0.5, 0.6) is 0 Å². The summed E-state index contributed by atoms with van der Waals surface area (Å²) in [5, 5.41) is 4.02. The number of nitrogens with zero attached hydrogens (tertiary/aromatic N) is 3. The van der Waals surface area contributed by atoms with E-state index in [0.29, 0.717) is 18.8 Å². The van der Waals surface area contributed by atoms with Crippen molar-refractivity contribution in [3.8, 4) is 11.1 Å². The van der Waals surface area contributed by atoms with Crippen LogP contribution in [0.4, 0.5) is 0 Å². The lowest BCUT2D eigenvalue weighted by Gasteiger charge is -2.34. The predicted molar refractivity (Wildman–Crippen MR) is 101 cm³/mol. The van der Waals surface area contributed by atoms with Gasteiger partial charge >= 0.3 is 0 Å². The minimum Gasteiger partial charge on any atom is -0.459 e. The van der Waals surface area contributed by atoms with E-state index in [2.05, 4.69) is 10.1 Å². The first-order chi connectivity index (χ1) is 13.1. The lowest BCUT2D eigenvalue weighted by atomic mass is 10.1. The molecule has 0 spiro atoms. The summed E-state index contributed by atoms with van der Waals surface area (Å²) in [6.07, 6.45) is 1.59. The summed E-state index contributed by atoms with van der Waals surface area (Å²) in [6, 6.07) is 11.7. The number of hydrogen-bond acceptors (Lipinski definition) is 5. The Kier molecular flexibility index (Phi) is 4.81. The third-order valence-electron chi connectivity index (χ3n) is 5.17. The van der Waals surface area contributed by atoms with Crippen molar-refractivity contribution in [2.45, 2.75) is 20.4 Å². The average Bonchev–Trinajstić information content (AvgIpc) is 3.31. The lowest BCUT2D eigenvalue weighted by Crippen LogP contribution is -2.48. The summed E-state index contributed by atoms with van der Waals surface area (Å²) in [5.41, 5.74) is 3.92. The van der Waals surface area contributed by atoms with Crippen LogP contribution in [0, 0.1) is 13.8 Å². The highest BCUT2D eigenvalue weighted by Crippen LogP contribution is 2.26. The molecule has 0 aliphatic carbocycles. The summed E-state index contributed by atoms with van der Waals surface area (Å²) in [4.78, 5) is 17.2. The standard InChI is InChI=1S/C21H23N3O3/c1-15-19(16(2)27-22-15)14-23-9-11-24(12-10-23)21(25)20-18(8-13-26-20)17-6-4-3-5-7-17/h3-8,13H,9-12,14H2,1-2H3. The van der Waals surface area contributed by atoms with Crippen LogP contribution in [0.3, 0.4) is 0 Å². The molecule has 0 atom stereocenters. The highest BCUT2D eigenvalue weighted by Gasteiger charge is 2.27. The Bertz CT molecular complexity index is 902. The van der Waals surface area contributed by atoms with E-state index in [9.17, 15) is 4.79 Å². The van der Waals surface area contributed by atoms with Gasteiger partial charge in [-0.15, -0.1) is 0 Å². The van der Waals surface area contributed by atoms with Gasteiger partial charge in [0.25, 0.3) is 5.91 Å². The van der Waals surface area contributed by atoms with Gasteiger partial charge < -0.3 is 13.8 Å². The van der Waals surface area contributed by atoms with Crippen molar-refractivity contribution in [3.05, 3.63) is 65.4 Å². The van der Waals surface area contributed by atoms with Crippen LogP contribution in [0.15, 0.2) is 51.6 Å². The smallest absolute Gasteiger partial charge is 0.290 e. The topological polar surface area (TPSA) is 62.7 Å². The molecule has 6 nitrogen and oxygen atoms in total. The van der Waals surface area contributed by atoms with Crippen LogP contribution in [0.2, 0.25) is 0 Å². The van der Waals surface area contributed by atoms with Gasteiger partial charge in [-0.1, -0.05) is 35.5 Å². The van der Waals surface area contributed by atoms with Gasteiger partial charge in [0.1, 0.15) is 5.76 Å². The van der Waals surface area contributed by atoms with Gasteiger partial charge in [0, 0.05) is 43.9 Å². The summed E-state index contributed by atoms with van der Waals surface area (Å²) >= 11 is 0. The fourth-order valence-electron chi connectivity index (χ4n) is 3.52. The maximum absolute atomic E-state index is 13.0. The highest BCUT2D eigenvalue weighted by atomic mass is 16.5. The van der Waals surface area contributed by atoms with Gasteiger partial charge in [-0.3, -0.25) is 9.69 Å². The molecule has 1 amide bonds. The monoisotopic (exact) mass is 365 g/mol. The van der Waals surface area contributed by atoms with Crippen molar-refractivity contribution in [3.63, 3.8) is 0 Å². The highest BCUT2D eigenvalue weighted by molar-refractivity contribution is 5.98. The second-order valence-corrected chi connectivity index (χ2v) is 6.90. The molecular weight excluding hydrogens is 342 g/mol. The second kappa shape index (κ2) is 7.40. The number of benzene rings is 1. The molecule has 1 aromatic carbocycles. The zero-order valence-electron chi connectivity index (χ0n) is 15.6. The molecule has 0 saturated carbocycles. The van der Waals surface area contributed by atoms with Crippen LogP contribution in [0.1, 0.15) is 27.6 Å². The van der Waals surface area contributed by atoms with E-state index in [1.807, 2.05) is 55.1 Å². The molecule has 0 bridgehead atoms. The largest absolute Gasteiger partial charge is 0.459 e. The van der Waals surface area contributed by atoms with Crippen molar-refractivity contribution in [2.24, 2.45) is 0 Å². The first-order valence-electron chi connectivity index (χ1n) is 9.20. The average molecular weight is 365 g/mol. The van der Waals surface area contributed by atoms with Crippen molar-refractivity contribution < 1.29 is 13.7 Å². The van der Waals surface area contributed by atoms with E-state index in [0.717, 1.165) is 47.8 Å². The number of carbonyl (C=O) groups excluding carboxylic acids is 1. The minimum absolute atomic E-state index is 0.0455. The fourth-order valence-corrected chi connectivity index (χ4v) is 3.52. The van der Waals surface area contributed by atoms with Gasteiger partial charge in [0.15, 0.2) is 5.76 Å². The first-order valence-corrected chi connectivity index (χ1v) is 9.20. The quantitative estimate of drug-likeness (QED) is 0.708. The van der Waals surface area contributed by atoms with E-state index >= 15 is 0 Å². The Labute approximate surface area is 158 Å². The molecule has 1 fully saturated rings. The summed E-state index contributed by atoms with van der Waals surface area (Å²) < 4.78 is 10.8. The molecular formula is C21H23N3O3. The molecule has 140 valence electrons. The Morgan fingerprint density at radius 1 is 1.07 bits per heavy atom. The number of rotatable bonds is 4. The van der Waals surface area contributed by atoms with Crippen LogP contribution in [0.25, 0.3) is 11.1 Å². The number of aromatic nitrogens is 1. The molecule has 1 aliphatic heterocycles. The van der Waals surface area contributed by atoms with Gasteiger partial charge in [-0.2, -0.15) is 0 Å². The molecule has 1 aliphatic rings. The number of aryl methyl sites for hydroxylation is 2. The summed E-state index contributed by atoms with van der Waals surface area (Å²) in [7, 11) is 0. The molecule has 2 aromatic heterocycles. The molecule has 0 radical (unpaired) electrons. The zero-order valence-corrected chi connectivity index (χ0v) is 15.6. The lowest BCUT2D eigenvalue weighted by molar-refractivity contribution is 0.0598. The molecule has 4 rings (SSSR count). The molecule has 6 heteroatoms. The number of carbonyl (C=O) groups is 1. The van der Waals surface area contributed by atoms with Crippen molar-refractivity contribution in [2.75, 3.05) is 26.2 Å². The maximum Gasteiger partial charge on any atom is 0.290 e. The molecule has 0 unspecified atom stereocenters. The Morgan fingerprint density at radius 3 is 2.48 bits per heavy atom. The van der Waals surface area contributed by atoms with E-state index in [4.69, 9.17) is 8.94 Å². The van der Waals surface area contributed by atoms with Gasteiger partial charge in [0.05, 0.1) is 12.0 Å². The number of furan rings is 1. The fraction of sp³-hybridized carbons (Fsp3) is 0.333. The van der Waals surface area contributed by atoms with Crippen LogP contribution in [-0.2, 0) is 6.54 Å². The Morgan fingerprint density at radius 2 is 1.81 bits per heavy atom. The van der Waals surface area contributed by atoms with E-state index in [1.54, 1.807) is 6.26 Å². The van der Waals surface area contributed by atoms with Gasteiger partial charge in [-0.25, -0.2) is 0 Å². The van der Waals surface area contributed by atoms with E-state index in [-0.39, 0.29) is 5.91 Å². The van der Waals surface area contributed by atoms with Crippen LogP contribution < -0.4 is 0 Å². The number of piperazine rings is 1. The van der Waals surface area contributed by atoms with Gasteiger partial charge in [-0.05, 0) is 25.5 Å². The van der Waals surface area contributed by atoms with E-state index < -0.39 is 0 Å². The molecule has 1 saturated heterocycles. The van der Waals surface area contributed by atoms with Crippen molar-refractivity contribution >= 4 is 5.91 Å². The Balaban J connectivity index is 1.42. The second-order valence-electron chi connectivity index (χ2n) is 6.90. The third-order valence-corrected chi connectivity index (χ3v) is 5.17. The predicted octanol–water partition coefficient (Wildman–Crippen LogP) is 3.51. The van der Waals surface area contributed by atoms with Crippen LogP contribution >= 0.6 is 0 Å². The first kappa shape index (κ1) is 17.5. The van der Waals surface area contributed by atoms with Crippen molar-refractivity contribution in [1.82, 2.24) is 15.0 Å².